The maximum Gasteiger partial charge on any atom is 0.416 e. The fourth-order valence-electron chi connectivity index (χ4n) is 2.29. The van der Waals surface area contributed by atoms with Crippen LogP contribution in [0.4, 0.5) is 13.2 Å². The Kier molecular flexibility index (Phi) is 5.63. The molecule has 124 valence electrons. The van der Waals surface area contributed by atoms with Gasteiger partial charge in [0, 0.05) is 5.56 Å². The number of carbonyl (C=O) groups is 1. The number of nitriles is 1. The molecule has 1 atom stereocenters. The van der Waals surface area contributed by atoms with Gasteiger partial charge in [-0.15, -0.1) is 0 Å². The van der Waals surface area contributed by atoms with Crippen LogP contribution in [0.1, 0.15) is 27.9 Å². The third-order valence-electron chi connectivity index (χ3n) is 3.60. The van der Waals surface area contributed by atoms with Crippen molar-refractivity contribution in [3.63, 3.8) is 0 Å². The summed E-state index contributed by atoms with van der Waals surface area (Å²) in [6.07, 6.45) is -3.74. The van der Waals surface area contributed by atoms with Crippen molar-refractivity contribution < 1.29 is 18.0 Å². The lowest BCUT2D eigenvalue weighted by Gasteiger charge is -2.12. The number of hydrogen-bond donors (Lipinski definition) is 0. The van der Waals surface area contributed by atoms with Gasteiger partial charge in [0.05, 0.1) is 16.7 Å². The van der Waals surface area contributed by atoms with Gasteiger partial charge in [0.1, 0.15) is 5.92 Å². The number of rotatable bonds is 5. The molecule has 0 aliphatic rings. The Morgan fingerprint density at radius 1 is 1.17 bits per heavy atom. The molecule has 1 unspecified atom stereocenters. The molecule has 0 saturated carbocycles. The van der Waals surface area contributed by atoms with Crippen LogP contribution < -0.4 is 0 Å². The number of carbonyl (C=O) groups excluding carboxylic acids is 1. The number of halogens is 4. The van der Waals surface area contributed by atoms with Crippen LogP contribution in [-0.2, 0) is 12.6 Å². The second-order valence-corrected chi connectivity index (χ2v) is 5.67. The molecular weight excluding hydrogens is 339 g/mol. The van der Waals surface area contributed by atoms with Crippen molar-refractivity contribution in [2.45, 2.75) is 19.0 Å². The highest BCUT2D eigenvalue weighted by atomic mass is 35.5. The van der Waals surface area contributed by atoms with Crippen molar-refractivity contribution in [2.75, 3.05) is 0 Å². The first-order valence-corrected chi connectivity index (χ1v) is 7.55. The van der Waals surface area contributed by atoms with Crippen LogP contribution in [0.2, 0.25) is 5.02 Å². The average molecular weight is 352 g/mol. The Morgan fingerprint density at radius 2 is 1.83 bits per heavy atom. The Hall–Kier alpha value is -2.32. The highest BCUT2D eigenvalue weighted by Gasteiger charge is 2.32. The lowest BCUT2D eigenvalue weighted by atomic mass is 9.92. The molecule has 0 aliphatic carbocycles. The highest BCUT2D eigenvalue weighted by Crippen LogP contribution is 2.33. The summed E-state index contributed by atoms with van der Waals surface area (Å²) in [5, 5.41) is 8.92. The normalized spacial score (nSPS) is 12.5. The number of nitrogens with zero attached hydrogens (tertiary/aromatic N) is 1. The molecule has 0 aliphatic heterocycles. The highest BCUT2D eigenvalue weighted by molar-refractivity contribution is 6.34. The topological polar surface area (TPSA) is 40.9 Å². The Labute approximate surface area is 142 Å². The van der Waals surface area contributed by atoms with Gasteiger partial charge in [-0.1, -0.05) is 41.9 Å². The zero-order chi connectivity index (χ0) is 17.7. The molecule has 0 heterocycles. The van der Waals surface area contributed by atoms with E-state index in [4.69, 9.17) is 11.6 Å². The molecule has 0 saturated heterocycles. The number of hydrogen-bond acceptors (Lipinski definition) is 2. The van der Waals surface area contributed by atoms with Crippen LogP contribution in [0.25, 0.3) is 0 Å². The van der Waals surface area contributed by atoms with Gasteiger partial charge in [-0.25, -0.2) is 0 Å². The monoisotopic (exact) mass is 351 g/mol. The van der Waals surface area contributed by atoms with Crippen LogP contribution in [-0.4, -0.2) is 5.78 Å². The molecule has 0 radical (unpaired) electrons. The van der Waals surface area contributed by atoms with Crippen LogP contribution in [0.3, 0.4) is 0 Å². The van der Waals surface area contributed by atoms with Gasteiger partial charge < -0.3 is 0 Å². The minimum atomic E-state index is -4.53. The quantitative estimate of drug-likeness (QED) is 0.684. The molecular formula is C18H13ClF3NO. The Bertz CT molecular complexity index is 766. The van der Waals surface area contributed by atoms with Gasteiger partial charge in [0.25, 0.3) is 0 Å². The predicted octanol–water partition coefficient (Wildman–Crippen LogP) is 5.31. The van der Waals surface area contributed by atoms with Gasteiger partial charge in [-0.05, 0) is 36.6 Å². The predicted molar refractivity (Wildman–Crippen MR) is 84.7 cm³/mol. The second-order valence-electron chi connectivity index (χ2n) is 5.26. The van der Waals surface area contributed by atoms with Gasteiger partial charge >= 0.3 is 6.18 Å². The fraction of sp³-hybridized carbons (Fsp3) is 0.222. The van der Waals surface area contributed by atoms with E-state index in [1.807, 2.05) is 36.4 Å². The van der Waals surface area contributed by atoms with Crippen molar-refractivity contribution in [1.82, 2.24) is 0 Å². The van der Waals surface area contributed by atoms with Crippen molar-refractivity contribution in [2.24, 2.45) is 5.92 Å². The van der Waals surface area contributed by atoms with E-state index in [1.165, 1.54) is 0 Å². The first kappa shape index (κ1) is 18.0. The molecule has 0 aromatic heterocycles. The summed E-state index contributed by atoms with van der Waals surface area (Å²) in [6.45, 7) is 0. The summed E-state index contributed by atoms with van der Waals surface area (Å²) in [4.78, 5) is 12.4. The van der Waals surface area contributed by atoms with E-state index >= 15 is 0 Å². The van der Waals surface area contributed by atoms with E-state index in [0.717, 1.165) is 17.7 Å². The summed E-state index contributed by atoms with van der Waals surface area (Å²) in [7, 11) is 0. The summed E-state index contributed by atoms with van der Waals surface area (Å²) in [5.41, 5.74) is -0.0183. The van der Waals surface area contributed by atoms with Gasteiger partial charge in [-0.3, -0.25) is 4.79 Å². The third-order valence-corrected chi connectivity index (χ3v) is 3.91. The number of Topliss-reactive ketones (excluding diaryl/α,β-unsaturated/α-hetero) is 1. The molecule has 0 spiro atoms. The molecule has 0 N–H and O–H groups in total. The van der Waals surface area contributed by atoms with Gasteiger partial charge in [-0.2, -0.15) is 18.4 Å². The molecule has 0 bridgehead atoms. The SMILES string of the molecule is N#CC(CCc1ccccc1)C(=O)c1ccc(C(F)(F)F)cc1Cl. The molecule has 2 aromatic rings. The average Bonchev–Trinajstić information content (AvgIpc) is 2.55. The molecule has 0 amide bonds. The molecule has 24 heavy (non-hydrogen) atoms. The van der Waals surface area contributed by atoms with Crippen molar-refractivity contribution in [3.05, 3.63) is 70.2 Å². The number of aryl methyl sites for hydroxylation is 1. The second kappa shape index (κ2) is 7.50. The Balaban J connectivity index is 2.15. The summed E-state index contributed by atoms with van der Waals surface area (Å²) < 4.78 is 37.9. The number of alkyl halides is 3. The lowest BCUT2D eigenvalue weighted by Crippen LogP contribution is -2.15. The van der Waals surface area contributed by atoms with E-state index in [1.54, 1.807) is 0 Å². The summed E-state index contributed by atoms with van der Waals surface area (Å²) in [5.74, 6) is -1.52. The van der Waals surface area contributed by atoms with E-state index < -0.39 is 23.4 Å². The van der Waals surface area contributed by atoms with Crippen LogP contribution in [0, 0.1) is 17.2 Å². The van der Waals surface area contributed by atoms with Crippen LogP contribution in [0.5, 0.6) is 0 Å². The molecule has 2 aromatic carbocycles. The number of ketones is 1. The van der Waals surface area contributed by atoms with Gasteiger partial charge in [0.15, 0.2) is 5.78 Å². The zero-order valence-electron chi connectivity index (χ0n) is 12.5. The first-order chi connectivity index (χ1) is 11.3. The molecule has 2 nitrogen and oxygen atoms in total. The first-order valence-electron chi connectivity index (χ1n) is 7.17. The van der Waals surface area contributed by atoms with Crippen LogP contribution in [0.15, 0.2) is 48.5 Å². The smallest absolute Gasteiger partial charge is 0.293 e. The van der Waals surface area contributed by atoms with Crippen LogP contribution >= 0.6 is 11.6 Å². The summed E-state index contributed by atoms with van der Waals surface area (Å²) in [6, 6.07) is 13.8. The molecule has 6 heteroatoms. The van der Waals surface area contributed by atoms with E-state index in [0.29, 0.717) is 12.5 Å². The van der Waals surface area contributed by atoms with Crippen molar-refractivity contribution >= 4 is 17.4 Å². The molecule has 2 rings (SSSR count). The maximum absolute atomic E-state index is 12.6. The Morgan fingerprint density at radius 3 is 2.38 bits per heavy atom. The van der Waals surface area contributed by atoms with E-state index in [9.17, 15) is 23.2 Å². The zero-order valence-corrected chi connectivity index (χ0v) is 13.2. The lowest BCUT2D eigenvalue weighted by molar-refractivity contribution is -0.137. The minimum Gasteiger partial charge on any atom is -0.293 e. The third kappa shape index (κ3) is 4.36. The standard InChI is InChI=1S/C18H13ClF3NO/c19-16-10-14(18(20,21)22)8-9-15(16)17(24)13(11-23)7-6-12-4-2-1-3-5-12/h1-5,8-10,13H,6-7H2. The van der Waals surface area contributed by atoms with E-state index in [2.05, 4.69) is 0 Å². The fourth-order valence-corrected chi connectivity index (χ4v) is 2.56. The number of benzene rings is 2. The van der Waals surface area contributed by atoms with Crippen molar-refractivity contribution in [3.8, 4) is 6.07 Å². The largest absolute Gasteiger partial charge is 0.416 e. The van der Waals surface area contributed by atoms with E-state index in [-0.39, 0.29) is 17.0 Å². The molecule has 0 fully saturated rings. The van der Waals surface area contributed by atoms with Gasteiger partial charge in [0.2, 0.25) is 0 Å². The van der Waals surface area contributed by atoms with Crippen molar-refractivity contribution in [1.29, 1.82) is 5.26 Å². The minimum absolute atomic E-state index is 0.0655. The maximum atomic E-state index is 12.6. The summed E-state index contributed by atoms with van der Waals surface area (Å²) >= 11 is 5.82.